The first kappa shape index (κ1) is 16.1. The molecule has 0 amide bonds. The molecule has 0 aliphatic heterocycles. The first-order valence-corrected chi connectivity index (χ1v) is 6.61. The van der Waals surface area contributed by atoms with E-state index in [0.29, 0.717) is 29.8 Å². The summed E-state index contributed by atoms with van der Waals surface area (Å²) in [6.07, 6.45) is 1.99. The lowest BCUT2D eigenvalue weighted by atomic mass is 10.1. The standard InChI is InChI=1S/C15H22O5/c1-10(2)6-5-7-20-14-12(18-3)8-11(15(16)17)9-13(14)19-4/h8-10H,5-7H2,1-4H3,(H,16,17). The minimum absolute atomic E-state index is 0.105. The molecule has 20 heavy (non-hydrogen) atoms. The van der Waals surface area contributed by atoms with Crippen LogP contribution in [0.1, 0.15) is 37.0 Å². The lowest BCUT2D eigenvalue weighted by molar-refractivity contribution is 0.0696. The Morgan fingerprint density at radius 2 is 1.75 bits per heavy atom. The summed E-state index contributed by atoms with van der Waals surface area (Å²) in [5, 5.41) is 9.04. The normalized spacial score (nSPS) is 10.4. The van der Waals surface area contributed by atoms with E-state index in [1.807, 2.05) is 0 Å². The number of aromatic carboxylic acids is 1. The third-order valence-electron chi connectivity index (χ3n) is 2.88. The molecule has 1 aromatic carbocycles. The van der Waals surface area contributed by atoms with Gasteiger partial charge in [-0.2, -0.15) is 0 Å². The highest BCUT2D eigenvalue weighted by molar-refractivity contribution is 5.89. The molecular formula is C15H22O5. The minimum atomic E-state index is -1.03. The third kappa shape index (κ3) is 4.33. The number of methoxy groups -OCH3 is 2. The van der Waals surface area contributed by atoms with Crippen LogP contribution in [0.4, 0.5) is 0 Å². The number of hydrogen-bond donors (Lipinski definition) is 1. The molecule has 0 spiro atoms. The van der Waals surface area contributed by atoms with E-state index in [9.17, 15) is 4.79 Å². The van der Waals surface area contributed by atoms with E-state index >= 15 is 0 Å². The van der Waals surface area contributed by atoms with Gasteiger partial charge in [0.05, 0.1) is 26.4 Å². The summed E-state index contributed by atoms with van der Waals surface area (Å²) in [6, 6.07) is 2.87. The number of benzene rings is 1. The van der Waals surface area contributed by atoms with Crippen molar-refractivity contribution >= 4 is 5.97 Å². The average molecular weight is 282 g/mol. The van der Waals surface area contributed by atoms with E-state index in [2.05, 4.69) is 13.8 Å². The summed E-state index contributed by atoms with van der Waals surface area (Å²) in [5.41, 5.74) is 0.105. The summed E-state index contributed by atoms with van der Waals surface area (Å²) in [7, 11) is 2.95. The molecule has 0 heterocycles. The minimum Gasteiger partial charge on any atom is -0.493 e. The van der Waals surface area contributed by atoms with Crippen LogP contribution in [0.25, 0.3) is 0 Å². The molecule has 1 aromatic rings. The van der Waals surface area contributed by atoms with Crippen LogP contribution in [-0.4, -0.2) is 31.9 Å². The number of carboxylic acids is 1. The molecule has 0 aliphatic rings. The van der Waals surface area contributed by atoms with Crippen molar-refractivity contribution in [3.63, 3.8) is 0 Å². The molecule has 5 heteroatoms. The molecule has 0 aromatic heterocycles. The maximum Gasteiger partial charge on any atom is 0.335 e. The van der Waals surface area contributed by atoms with Gasteiger partial charge in [0.15, 0.2) is 11.5 Å². The van der Waals surface area contributed by atoms with Crippen LogP contribution in [0.3, 0.4) is 0 Å². The van der Waals surface area contributed by atoms with Gasteiger partial charge in [-0.3, -0.25) is 0 Å². The van der Waals surface area contributed by atoms with Crippen LogP contribution in [0.2, 0.25) is 0 Å². The summed E-state index contributed by atoms with van der Waals surface area (Å²) < 4.78 is 16.1. The summed E-state index contributed by atoms with van der Waals surface area (Å²) in [6.45, 7) is 4.85. The zero-order valence-corrected chi connectivity index (χ0v) is 12.4. The monoisotopic (exact) mass is 282 g/mol. The van der Waals surface area contributed by atoms with Gasteiger partial charge in [0.2, 0.25) is 5.75 Å². The van der Waals surface area contributed by atoms with E-state index < -0.39 is 5.97 Å². The molecule has 0 saturated carbocycles. The molecular weight excluding hydrogens is 260 g/mol. The highest BCUT2D eigenvalue weighted by atomic mass is 16.5. The summed E-state index contributed by atoms with van der Waals surface area (Å²) in [5.74, 6) is 0.770. The predicted molar refractivity (Wildman–Crippen MR) is 76.1 cm³/mol. The van der Waals surface area contributed by atoms with Crippen molar-refractivity contribution in [2.75, 3.05) is 20.8 Å². The Kier molecular flexibility index (Phi) is 6.15. The van der Waals surface area contributed by atoms with Crippen LogP contribution in [-0.2, 0) is 0 Å². The van der Waals surface area contributed by atoms with E-state index in [-0.39, 0.29) is 5.56 Å². The van der Waals surface area contributed by atoms with Gasteiger partial charge in [-0.25, -0.2) is 4.79 Å². The van der Waals surface area contributed by atoms with Crippen molar-refractivity contribution in [1.82, 2.24) is 0 Å². The van der Waals surface area contributed by atoms with Crippen molar-refractivity contribution in [2.45, 2.75) is 26.7 Å². The number of carboxylic acid groups (broad SMARTS) is 1. The zero-order valence-electron chi connectivity index (χ0n) is 12.4. The molecule has 0 atom stereocenters. The lowest BCUT2D eigenvalue weighted by Crippen LogP contribution is -2.05. The zero-order chi connectivity index (χ0) is 15.1. The number of carbonyl (C=O) groups is 1. The Hall–Kier alpha value is -1.91. The Balaban J connectivity index is 2.90. The Morgan fingerprint density at radius 1 is 1.20 bits per heavy atom. The molecule has 112 valence electrons. The van der Waals surface area contributed by atoms with E-state index in [1.165, 1.54) is 26.4 Å². The van der Waals surface area contributed by atoms with E-state index in [4.69, 9.17) is 19.3 Å². The largest absolute Gasteiger partial charge is 0.493 e. The molecule has 0 unspecified atom stereocenters. The van der Waals surface area contributed by atoms with E-state index in [0.717, 1.165) is 12.8 Å². The average Bonchev–Trinajstić information content (AvgIpc) is 2.42. The molecule has 1 rings (SSSR count). The predicted octanol–water partition coefficient (Wildman–Crippen LogP) is 3.22. The van der Waals surface area contributed by atoms with Crippen LogP contribution >= 0.6 is 0 Å². The van der Waals surface area contributed by atoms with Crippen molar-refractivity contribution < 1.29 is 24.1 Å². The summed E-state index contributed by atoms with van der Waals surface area (Å²) >= 11 is 0. The first-order valence-electron chi connectivity index (χ1n) is 6.61. The number of rotatable bonds is 8. The van der Waals surface area contributed by atoms with E-state index in [1.54, 1.807) is 0 Å². The van der Waals surface area contributed by atoms with Crippen LogP contribution < -0.4 is 14.2 Å². The molecule has 0 bridgehead atoms. The summed E-state index contributed by atoms with van der Waals surface area (Å²) in [4.78, 5) is 11.0. The maximum atomic E-state index is 11.0. The van der Waals surface area contributed by atoms with Gasteiger partial charge in [0.1, 0.15) is 0 Å². The topological polar surface area (TPSA) is 65.0 Å². The van der Waals surface area contributed by atoms with Gasteiger partial charge in [0.25, 0.3) is 0 Å². The van der Waals surface area contributed by atoms with Gasteiger partial charge < -0.3 is 19.3 Å². The molecule has 0 fully saturated rings. The number of ether oxygens (including phenoxy) is 3. The lowest BCUT2D eigenvalue weighted by Gasteiger charge is -2.15. The van der Waals surface area contributed by atoms with Gasteiger partial charge in [-0.1, -0.05) is 13.8 Å². The van der Waals surface area contributed by atoms with Crippen molar-refractivity contribution in [1.29, 1.82) is 0 Å². The second-order valence-corrected chi connectivity index (χ2v) is 4.90. The highest BCUT2D eigenvalue weighted by Crippen LogP contribution is 2.38. The quantitative estimate of drug-likeness (QED) is 0.742. The SMILES string of the molecule is COc1cc(C(=O)O)cc(OC)c1OCCCC(C)C. The Labute approximate surface area is 119 Å². The van der Waals surface area contributed by atoms with Gasteiger partial charge >= 0.3 is 5.97 Å². The Bertz CT molecular complexity index is 429. The van der Waals surface area contributed by atoms with Gasteiger partial charge in [-0.05, 0) is 30.9 Å². The molecule has 0 saturated heterocycles. The van der Waals surface area contributed by atoms with Crippen molar-refractivity contribution in [3.05, 3.63) is 17.7 Å². The smallest absolute Gasteiger partial charge is 0.335 e. The third-order valence-corrected chi connectivity index (χ3v) is 2.88. The number of hydrogen-bond acceptors (Lipinski definition) is 4. The fourth-order valence-corrected chi connectivity index (χ4v) is 1.81. The van der Waals surface area contributed by atoms with Crippen molar-refractivity contribution in [3.8, 4) is 17.2 Å². The Morgan fingerprint density at radius 3 is 2.15 bits per heavy atom. The maximum absolute atomic E-state index is 11.0. The molecule has 0 aliphatic carbocycles. The molecule has 1 N–H and O–H groups in total. The van der Waals surface area contributed by atoms with Crippen LogP contribution in [0.15, 0.2) is 12.1 Å². The van der Waals surface area contributed by atoms with Crippen molar-refractivity contribution in [2.24, 2.45) is 5.92 Å². The van der Waals surface area contributed by atoms with Crippen LogP contribution in [0.5, 0.6) is 17.2 Å². The second-order valence-electron chi connectivity index (χ2n) is 4.90. The van der Waals surface area contributed by atoms with Gasteiger partial charge in [-0.15, -0.1) is 0 Å². The fourth-order valence-electron chi connectivity index (χ4n) is 1.81. The van der Waals surface area contributed by atoms with Gasteiger partial charge in [0, 0.05) is 0 Å². The second kappa shape index (κ2) is 7.62. The van der Waals surface area contributed by atoms with Crippen LogP contribution in [0, 0.1) is 5.92 Å². The first-order chi connectivity index (χ1) is 9.49. The fraction of sp³-hybridized carbons (Fsp3) is 0.533. The highest BCUT2D eigenvalue weighted by Gasteiger charge is 2.17. The molecule has 0 radical (unpaired) electrons. The molecule has 5 nitrogen and oxygen atoms in total.